The number of ether oxygens (including phenoxy) is 1. The summed E-state index contributed by atoms with van der Waals surface area (Å²) in [5, 5.41) is 12.0. The highest BCUT2D eigenvalue weighted by Crippen LogP contribution is 2.42. The van der Waals surface area contributed by atoms with Crippen molar-refractivity contribution in [1.82, 2.24) is 10.2 Å². The van der Waals surface area contributed by atoms with Crippen LogP contribution in [0.25, 0.3) is 0 Å². The number of carbonyl (C=O) groups excluding carboxylic acids is 1. The van der Waals surface area contributed by atoms with Gasteiger partial charge in [0.1, 0.15) is 6.04 Å². The molecule has 2 fully saturated rings. The van der Waals surface area contributed by atoms with Crippen LogP contribution in [0, 0.1) is 5.41 Å². The quantitative estimate of drug-likeness (QED) is 0.803. The molecule has 2 amide bonds. The molecular weight excluding hydrogens is 248 g/mol. The number of nitrogens with one attached hydrogen (secondary N) is 1. The van der Waals surface area contributed by atoms with E-state index in [-0.39, 0.29) is 23.6 Å². The molecule has 2 rings (SSSR count). The van der Waals surface area contributed by atoms with E-state index in [1.54, 1.807) is 7.11 Å². The zero-order chi connectivity index (χ0) is 14.2. The number of carbonyl (C=O) groups is 2. The number of carboxylic acids is 1. The minimum absolute atomic E-state index is 0.0417. The van der Waals surface area contributed by atoms with E-state index in [1.165, 1.54) is 4.90 Å². The van der Waals surface area contributed by atoms with Crippen LogP contribution >= 0.6 is 0 Å². The first-order valence-electron chi connectivity index (χ1n) is 6.70. The zero-order valence-electron chi connectivity index (χ0n) is 11.7. The summed E-state index contributed by atoms with van der Waals surface area (Å²) in [7, 11) is 1.67. The summed E-state index contributed by atoms with van der Waals surface area (Å²) in [5.41, 5.74) is -0.108. The first kappa shape index (κ1) is 14.1. The van der Waals surface area contributed by atoms with Gasteiger partial charge in [0.2, 0.25) is 0 Å². The smallest absolute Gasteiger partial charge is 0.326 e. The molecule has 2 unspecified atom stereocenters. The van der Waals surface area contributed by atoms with Gasteiger partial charge in [-0.1, -0.05) is 13.8 Å². The standard InChI is InChI=1S/C13H22N2O4/c1-13(2)9(7-10(13)19-3)14-12(18)15-6-4-5-8(15)11(16)17/h8-10H,4-7H2,1-3H3,(H,14,18)(H,16,17)/t8-,9?,10?/m0/s1. The maximum Gasteiger partial charge on any atom is 0.326 e. The van der Waals surface area contributed by atoms with E-state index in [4.69, 9.17) is 9.84 Å². The Bertz CT molecular complexity index is 383. The number of urea groups is 1. The SMILES string of the molecule is COC1CC(NC(=O)N2CCC[C@H]2C(=O)O)C1(C)C. The summed E-state index contributed by atoms with van der Waals surface area (Å²) in [6.45, 7) is 4.62. The van der Waals surface area contributed by atoms with Crippen LogP contribution in [0.1, 0.15) is 33.1 Å². The third-order valence-corrected chi connectivity index (χ3v) is 4.56. The first-order valence-corrected chi connectivity index (χ1v) is 6.70. The van der Waals surface area contributed by atoms with E-state index in [0.29, 0.717) is 13.0 Å². The molecule has 2 N–H and O–H groups in total. The summed E-state index contributed by atoms with van der Waals surface area (Å²) in [5.74, 6) is -0.921. The normalized spacial score (nSPS) is 32.8. The Balaban J connectivity index is 1.94. The van der Waals surface area contributed by atoms with Crippen molar-refractivity contribution in [2.45, 2.75) is 51.3 Å². The van der Waals surface area contributed by atoms with Gasteiger partial charge in [0.05, 0.1) is 6.10 Å². The van der Waals surface area contributed by atoms with Crippen LogP contribution in [0.3, 0.4) is 0 Å². The number of likely N-dealkylation sites (tertiary alicyclic amines) is 1. The lowest BCUT2D eigenvalue weighted by Gasteiger charge is -2.51. The maximum atomic E-state index is 12.2. The van der Waals surface area contributed by atoms with Gasteiger partial charge in [-0.3, -0.25) is 0 Å². The summed E-state index contributed by atoms with van der Waals surface area (Å²) >= 11 is 0. The van der Waals surface area contributed by atoms with Crippen LogP contribution in [0.15, 0.2) is 0 Å². The topological polar surface area (TPSA) is 78.9 Å². The molecule has 1 heterocycles. The van der Waals surface area contributed by atoms with Gasteiger partial charge in [-0.2, -0.15) is 0 Å². The van der Waals surface area contributed by atoms with Crippen molar-refractivity contribution < 1.29 is 19.4 Å². The number of hydrogen-bond acceptors (Lipinski definition) is 3. The average molecular weight is 270 g/mol. The lowest BCUT2D eigenvalue weighted by atomic mass is 9.64. The number of nitrogens with zero attached hydrogens (tertiary/aromatic N) is 1. The van der Waals surface area contributed by atoms with E-state index in [2.05, 4.69) is 5.32 Å². The van der Waals surface area contributed by atoms with Crippen LogP contribution in [-0.4, -0.2) is 53.8 Å². The highest BCUT2D eigenvalue weighted by Gasteiger charge is 2.50. The van der Waals surface area contributed by atoms with Gasteiger partial charge in [-0.05, 0) is 19.3 Å². The first-order chi connectivity index (χ1) is 8.87. The third kappa shape index (κ3) is 2.41. The summed E-state index contributed by atoms with van der Waals surface area (Å²) in [4.78, 5) is 24.7. The highest BCUT2D eigenvalue weighted by atomic mass is 16.5. The lowest BCUT2D eigenvalue weighted by Crippen LogP contribution is -2.63. The Kier molecular flexibility index (Phi) is 3.71. The van der Waals surface area contributed by atoms with Crippen molar-refractivity contribution in [2.24, 2.45) is 5.41 Å². The average Bonchev–Trinajstić information content (AvgIpc) is 2.82. The molecule has 0 aromatic rings. The molecule has 108 valence electrons. The van der Waals surface area contributed by atoms with Gasteiger partial charge < -0.3 is 20.1 Å². The fourth-order valence-electron chi connectivity index (χ4n) is 3.03. The van der Waals surface area contributed by atoms with E-state index in [9.17, 15) is 9.59 Å². The van der Waals surface area contributed by atoms with Crippen LogP contribution in [0.5, 0.6) is 0 Å². The summed E-state index contributed by atoms with van der Waals surface area (Å²) in [6, 6.07) is -0.904. The molecular formula is C13H22N2O4. The van der Waals surface area contributed by atoms with Crippen molar-refractivity contribution in [1.29, 1.82) is 0 Å². The molecule has 1 saturated heterocycles. The van der Waals surface area contributed by atoms with Crippen LogP contribution in [-0.2, 0) is 9.53 Å². The van der Waals surface area contributed by atoms with Crippen molar-refractivity contribution in [3.63, 3.8) is 0 Å². The van der Waals surface area contributed by atoms with E-state index in [0.717, 1.165) is 12.8 Å². The molecule has 1 saturated carbocycles. The van der Waals surface area contributed by atoms with Gasteiger partial charge in [-0.15, -0.1) is 0 Å². The minimum atomic E-state index is -0.921. The van der Waals surface area contributed by atoms with E-state index in [1.807, 2.05) is 13.8 Å². The molecule has 2 aliphatic rings. The van der Waals surface area contributed by atoms with Gasteiger partial charge >= 0.3 is 12.0 Å². The Morgan fingerprint density at radius 2 is 2.11 bits per heavy atom. The highest BCUT2D eigenvalue weighted by molar-refractivity contribution is 5.83. The zero-order valence-corrected chi connectivity index (χ0v) is 11.7. The van der Waals surface area contributed by atoms with Crippen molar-refractivity contribution in [3.05, 3.63) is 0 Å². The van der Waals surface area contributed by atoms with Gasteiger partial charge in [-0.25, -0.2) is 9.59 Å². The molecule has 0 aromatic heterocycles. The Morgan fingerprint density at radius 1 is 1.42 bits per heavy atom. The Morgan fingerprint density at radius 3 is 2.63 bits per heavy atom. The molecule has 1 aliphatic heterocycles. The second-order valence-corrected chi connectivity index (χ2v) is 5.97. The minimum Gasteiger partial charge on any atom is -0.480 e. The number of carboxylic acid groups (broad SMARTS) is 1. The molecule has 0 bridgehead atoms. The van der Waals surface area contributed by atoms with Gasteiger partial charge in [0, 0.05) is 25.1 Å². The number of aliphatic carboxylic acids is 1. The fourth-order valence-corrected chi connectivity index (χ4v) is 3.03. The number of methoxy groups -OCH3 is 1. The third-order valence-electron chi connectivity index (χ3n) is 4.56. The monoisotopic (exact) mass is 270 g/mol. The van der Waals surface area contributed by atoms with Crippen molar-refractivity contribution in [3.8, 4) is 0 Å². The molecule has 1 aliphatic carbocycles. The summed E-state index contributed by atoms with van der Waals surface area (Å²) < 4.78 is 5.34. The lowest BCUT2D eigenvalue weighted by molar-refractivity contribution is -0.141. The summed E-state index contributed by atoms with van der Waals surface area (Å²) in [6.07, 6.45) is 2.21. The molecule has 0 radical (unpaired) electrons. The number of hydrogen-bond donors (Lipinski definition) is 2. The maximum absolute atomic E-state index is 12.2. The predicted octanol–water partition coefficient (Wildman–Crippen LogP) is 1.06. The van der Waals surface area contributed by atoms with Crippen molar-refractivity contribution in [2.75, 3.05) is 13.7 Å². The van der Waals surface area contributed by atoms with Crippen LogP contribution in [0.4, 0.5) is 4.79 Å². The van der Waals surface area contributed by atoms with Crippen LogP contribution < -0.4 is 5.32 Å². The van der Waals surface area contributed by atoms with Crippen LogP contribution in [0.2, 0.25) is 0 Å². The molecule has 6 nitrogen and oxygen atoms in total. The Hall–Kier alpha value is -1.30. The number of rotatable bonds is 3. The second-order valence-electron chi connectivity index (χ2n) is 5.97. The van der Waals surface area contributed by atoms with Gasteiger partial charge in [0.15, 0.2) is 0 Å². The molecule has 0 spiro atoms. The fraction of sp³-hybridized carbons (Fsp3) is 0.846. The van der Waals surface area contributed by atoms with E-state index >= 15 is 0 Å². The van der Waals surface area contributed by atoms with Gasteiger partial charge in [0.25, 0.3) is 0 Å². The van der Waals surface area contributed by atoms with E-state index < -0.39 is 12.0 Å². The van der Waals surface area contributed by atoms with Crippen molar-refractivity contribution >= 4 is 12.0 Å². The molecule has 0 aromatic carbocycles. The largest absolute Gasteiger partial charge is 0.480 e. The Labute approximate surface area is 113 Å². The molecule has 3 atom stereocenters. The second kappa shape index (κ2) is 5.00. The number of amides is 2. The molecule has 19 heavy (non-hydrogen) atoms. The molecule has 6 heteroatoms. The predicted molar refractivity (Wildman–Crippen MR) is 68.9 cm³/mol.